The van der Waals surface area contributed by atoms with Gasteiger partial charge in [-0.25, -0.2) is 0 Å². The van der Waals surface area contributed by atoms with E-state index in [2.05, 4.69) is 35.8 Å². The number of carbonyl (C=O) groups excluding carboxylic acids is 1. The number of rotatable bonds is 8. The van der Waals surface area contributed by atoms with Crippen LogP contribution in [0.4, 0.5) is 0 Å². The molecule has 4 nitrogen and oxygen atoms in total. The smallest absolute Gasteiger partial charge is 0.252 e. The zero-order valence-electron chi connectivity index (χ0n) is 16.8. The predicted molar refractivity (Wildman–Crippen MR) is 117 cm³/mol. The Morgan fingerprint density at radius 2 is 2.03 bits per heavy atom. The molecule has 1 aliphatic carbocycles. The van der Waals surface area contributed by atoms with Crippen LogP contribution in [0.1, 0.15) is 66.1 Å². The number of carbonyl (C=O) groups is 1. The molecule has 1 aliphatic rings. The van der Waals surface area contributed by atoms with Crippen LogP contribution in [0.5, 0.6) is 0 Å². The number of hydrogen-bond donors (Lipinski definition) is 2. The summed E-state index contributed by atoms with van der Waals surface area (Å²) in [5.41, 5.74) is 3.14. The van der Waals surface area contributed by atoms with Crippen molar-refractivity contribution in [1.82, 2.24) is 10.6 Å². The molecule has 1 saturated carbocycles. The van der Waals surface area contributed by atoms with Crippen molar-refractivity contribution in [1.29, 1.82) is 5.26 Å². The van der Waals surface area contributed by atoms with E-state index in [0.717, 1.165) is 17.5 Å². The van der Waals surface area contributed by atoms with Crippen LogP contribution in [0.15, 0.2) is 48.5 Å². The second-order valence-corrected chi connectivity index (χ2v) is 8.29. The second-order valence-electron chi connectivity index (χ2n) is 7.86. The fourth-order valence-corrected chi connectivity index (χ4v) is 4.36. The molecular weight excluding hydrogens is 382 g/mol. The number of halogens is 1. The van der Waals surface area contributed by atoms with Crippen molar-refractivity contribution in [2.24, 2.45) is 5.92 Å². The largest absolute Gasteiger partial charge is 0.339 e. The fraction of sp³-hybridized carbons (Fsp3) is 0.417. The Kier molecular flexibility index (Phi) is 7.69. The molecule has 2 N–H and O–H groups in total. The van der Waals surface area contributed by atoms with E-state index in [1.807, 2.05) is 36.4 Å². The Labute approximate surface area is 178 Å². The molecule has 3 rings (SSSR count). The summed E-state index contributed by atoms with van der Waals surface area (Å²) in [4.78, 5) is 11.9. The van der Waals surface area contributed by atoms with Gasteiger partial charge in [0.1, 0.15) is 6.54 Å². The zero-order chi connectivity index (χ0) is 20.6. The first-order valence-electron chi connectivity index (χ1n) is 10.3. The topological polar surface area (TPSA) is 64.9 Å². The lowest BCUT2D eigenvalue weighted by Gasteiger charge is -2.17. The molecule has 29 heavy (non-hydrogen) atoms. The van der Waals surface area contributed by atoms with Crippen molar-refractivity contribution in [3.63, 3.8) is 0 Å². The highest BCUT2D eigenvalue weighted by Gasteiger charge is 2.25. The number of benzene rings is 2. The minimum Gasteiger partial charge on any atom is -0.339 e. The minimum absolute atomic E-state index is 0.0366. The summed E-state index contributed by atoms with van der Waals surface area (Å²) in [6, 6.07) is 18.1. The average Bonchev–Trinajstić information content (AvgIpc) is 3.21. The molecule has 1 amide bonds. The molecule has 0 saturated heterocycles. The van der Waals surface area contributed by atoms with E-state index in [1.54, 1.807) is 0 Å². The standard InChI is InChI=1S/C24H28ClN3O/c1-17(21-3-2-4-23(25)16-21)27-13-11-18-5-6-22(15-18)19-7-9-20(10-8-19)24(29)28-14-12-26/h2-4,7-10,16-18,22,27H,5-6,11,13-15H2,1H3,(H,28,29). The summed E-state index contributed by atoms with van der Waals surface area (Å²) >= 11 is 6.09. The Morgan fingerprint density at radius 1 is 1.24 bits per heavy atom. The maximum Gasteiger partial charge on any atom is 0.252 e. The molecule has 0 bridgehead atoms. The lowest BCUT2D eigenvalue weighted by atomic mass is 9.94. The van der Waals surface area contributed by atoms with Crippen LogP contribution >= 0.6 is 11.6 Å². The van der Waals surface area contributed by atoms with Crippen LogP contribution in [0.3, 0.4) is 0 Å². The van der Waals surface area contributed by atoms with Gasteiger partial charge in [0.15, 0.2) is 0 Å². The van der Waals surface area contributed by atoms with Crippen molar-refractivity contribution in [2.45, 2.75) is 44.6 Å². The molecule has 152 valence electrons. The molecule has 0 aromatic heterocycles. The monoisotopic (exact) mass is 409 g/mol. The molecule has 3 unspecified atom stereocenters. The number of nitrogens with one attached hydrogen (secondary N) is 2. The van der Waals surface area contributed by atoms with Crippen molar-refractivity contribution in [3.05, 3.63) is 70.2 Å². The molecule has 5 heteroatoms. The van der Waals surface area contributed by atoms with Gasteiger partial charge in [-0.3, -0.25) is 4.79 Å². The van der Waals surface area contributed by atoms with Crippen LogP contribution < -0.4 is 10.6 Å². The average molecular weight is 410 g/mol. The Morgan fingerprint density at radius 3 is 2.76 bits per heavy atom. The Bertz CT molecular complexity index is 859. The Balaban J connectivity index is 1.44. The highest BCUT2D eigenvalue weighted by Crippen LogP contribution is 2.39. The van der Waals surface area contributed by atoms with Gasteiger partial charge in [-0.15, -0.1) is 0 Å². The number of hydrogen-bond acceptors (Lipinski definition) is 3. The number of nitriles is 1. The highest BCUT2D eigenvalue weighted by molar-refractivity contribution is 6.30. The molecule has 0 aliphatic heterocycles. The molecule has 1 fully saturated rings. The molecule has 0 spiro atoms. The third-order valence-electron chi connectivity index (χ3n) is 5.87. The quantitative estimate of drug-likeness (QED) is 0.587. The third-order valence-corrected chi connectivity index (χ3v) is 6.10. The van der Waals surface area contributed by atoms with Gasteiger partial charge in [0.05, 0.1) is 6.07 Å². The first-order valence-corrected chi connectivity index (χ1v) is 10.7. The molecule has 0 radical (unpaired) electrons. The van der Waals surface area contributed by atoms with Crippen LogP contribution in [0.2, 0.25) is 5.02 Å². The van der Waals surface area contributed by atoms with Gasteiger partial charge < -0.3 is 10.6 Å². The molecule has 3 atom stereocenters. The van der Waals surface area contributed by atoms with Crippen molar-refractivity contribution >= 4 is 17.5 Å². The Hall–Kier alpha value is -2.35. The minimum atomic E-state index is -0.192. The van der Waals surface area contributed by atoms with Crippen molar-refractivity contribution < 1.29 is 4.79 Å². The molecule has 2 aromatic rings. The molecule has 2 aromatic carbocycles. The van der Waals surface area contributed by atoms with Gasteiger partial charge in [-0.05, 0) is 86.4 Å². The van der Waals surface area contributed by atoms with E-state index in [9.17, 15) is 4.79 Å². The van der Waals surface area contributed by atoms with E-state index in [1.165, 1.54) is 36.8 Å². The summed E-state index contributed by atoms with van der Waals surface area (Å²) < 4.78 is 0. The zero-order valence-corrected chi connectivity index (χ0v) is 17.6. The SMILES string of the molecule is CC(NCCC1CCC(c2ccc(C(=O)NCC#N)cc2)C1)c1cccc(Cl)c1. The van der Waals surface area contributed by atoms with Gasteiger partial charge >= 0.3 is 0 Å². The highest BCUT2D eigenvalue weighted by atomic mass is 35.5. The first-order chi connectivity index (χ1) is 14.1. The maximum atomic E-state index is 11.9. The van der Waals surface area contributed by atoms with Gasteiger partial charge in [0.2, 0.25) is 0 Å². The van der Waals surface area contributed by atoms with Gasteiger partial charge in [-0.1, -0.05) is 35.9 Å². The van der Waals surface area contributed by atoms with Crippen LogP contribution in [0.25, 0.3) is 0 Å². The van der Waals surface area contributed by atoms with E-state index in [4.69, 9.17) is 16.9 Å². The molecule has 0 heterocycles. The maximum absolute atomic E-state index is 11.9. The van der Waals surface area contributed by atoms with Crippen LogP contribution in [-0.4, -0.2) is 19.0 Å². The lowest BCUT2D eigenvalue weighted by molar-refractivity contribution is 0.0958. The van der Waals surface area contributed by atoms with E-state index in [0.29, 0.717) is 17.5 Å². The number of amides is 1. The third kappa shape index (κ3) is 6.06. The summed E-state index contributed by atoms with van der Waals surface area (Å²) in [6.45, 7) is 3.22. The molecular formula is C24H28ClN3O. The van der Waals surface area contributed by atoms with Gasteiger partial charge in [0.25, 0.3) is 5.91 Å². The second kappa shape index (κ2) is 10.4. The van der Waals surface area contributed by atoms with Crippen LogP contribution in [-0.2, 0) is 0 Å². The van der Waals surface area contributed by atoms with E-state index in [-0.39, 0.29) is 12.5 Å². The summed E-state index contributed by atoms with van der Waals surface area (Å²) in [5, 5.41) is 15.5. The summed E-state index contributed by atoms with van der Waals surface area (Å²) in [5.74, 6) is 1.11. The van der Waals surface area contributed by atoms with Gasteiger partial charge in [0, 0.05) is 16.6 Å². The van der Waals surface area contributed by atoms with E-state index >= 15 is 0 Å². The predicted octanol–water partition coefficient (Wildman–Crippen LogP) is 5.22. The fourth-order valence-electron chi connectivity index (χ4n) is 4.17. The van der Waals surface area contributed by atoms with Crippen LogP contribution in [0, 0.1) is 17.2 Å². The number of nitrogens with zero attached hydrogens (tertiary/aromatic N) is 1. The summed E-state index contributed by atoms with van der Waals surface area (Å²) in [7, 11) is 0. The summed E-state index contributed by atoms with van der Waals surface area (Å²) in [6.07, 6.45) is 4.83. The lowest BCUT2D eigenvalue weighted by Crippen LogP contribution is -2.23. The van der Waals surface area contributed by atoms with Crippen molar-refractivity contribution in [3.8, 4) is 6.07 Å². The van der Waals surface area contributed by atoms with E-state index < -0.39 is 0 Å². The van der Waals surface area contributed by atoms with Crippen molar-refractivity contribution in [2.75, 3.05) is 13.1 Å². The van der Waals surface area contributed by atoms with Gasteiger partial charge in [-0.2, -0.15) is 5.26 Å². The normalized spacial score (nSPS) is 19.5. The first kappa shape index (κ1) is 21.4.